The van der Waals surface area contributed by atoms with Crippen LogP contribution in [-0.4, -0.2) is 11.5 Å². The topological polar surface area (TPSA) is 55.2 Å². The molecule has 0 unspecified atom stereocenters. The van der Waals surface area contributed by atoms with Crippen molar-refractivity contribution < 1.29 is 4.92 Å². The SMILES string of the molecule is Cc1cc(NCC(C)(C)C)c([N+](=O)[O-])cc1C. The fraction of sp³-hybridized carbons (Fsp3) is 0.538. The summed E-state index contributed by atoms with van der Waals surface area (Å²) in [6.45, 7) is 10.8. The second-order valence-corrected chi connectivity index (χ2v) is 5.62. The maximum absolute atomic E-state index is 11.0. The fourth-order valence-electron chi connectivity index (χ4n) is 1.45. The molecule has 1 N–H and O–H groups in total. The van der Waals surface area contributed by atoms with Crippen LogP contribution in [0.15, 0.2) is 12.1 Å². The van der Waals surface area contributed by atoms with Crippen LogP contribution in [-0.2, 0) is 0 Å². The minimum atomic E-state index is -0.336. The minimum absolute atomic E-state index is 0.0899. The van der Waals surface area contributed by atoms with Gasteiger partial charge in [-0.25, -0.2) is 0 Å². The van der Waals surface area contributed by atoms with Crippen molar-refractivity contribution in [3.8, 4) is 0 Å². The van der Waals surface area contributed by atoms with Gasteiger partial charge in [0.15, 0.2) is 0 Å². The van der Waals surface area contributed by atoms with Crippen LogP contribution in [0.1, 0.15) is 31.9 Å². The molecule has 0 aromatic heterocycles. The second-order valence-electron chi connectivity index (χ2n) is 5.62. The number of nitro groups is 1. The van der Waals surface area contributed by atoms with E-state index in [4.69, 9.17) is 0 Å². The maximum atomic E-state index is 11.0. The molecular formula is C13H20N2O2. The first-order valence-corrected chi connectivity index (χ1v) is 5.70. The van der Waals surface area contributed by atoms with Gasteiger partial charge in [-0.3, -0.25) is 10.1 Å². The van der Waals surface area contributed by atoms with Gasteiger partial charge in [-0.15, -0.1) is 0 Å². The third kappa shape index (κ3) is 3.73. The highest BCUT2D eigenvalue weighted by Gasteiger charge is 2.17. The molecule has 1 aromatic carbocycles. The summed E-state index contributed by atoms with van der Waals surface area (Å²) in [5.74, 6) is 0. The lowest BCUT2D eigenvalue weighted by molar-refractivity contribution is -0.384. The lowest BCUT2D eigenvalue weighted by Crippen LogP contribution is -2.19. The van der Waals surface area contributed by atoms with E-state index in [0.717, 1.165) is 11.1 Å². The van der Waals surface area contributed by atoms with Crippen LogP contribution in [0.5, 0.6) is 0 Å². The lowest BCUT2D eigenvalue weighted by atomic mass is 9.96. The molecule has 0 amide bonds. The summed E-state index contributed by atoms with van der Waals surface area (Å²) >= 11 is 0. The van der Waals surface area contributed by atoms with Gasteiger partial charge in [0.2, 0.25) is 0 Å². The molecule has 0 atom stereocenters. The predicted octanol–water partition coefficient (Wildman–Crippen LogP) is 3.67. The van der Waals surface area contributed by atoms with Gasteiger partial charge in [-0.2, -0.15) is 0 Å². The Balaban J connectivity index is 3.05. The summed E-state index contributed by atoms with van der Waals surface area (Å²) in [5.41, 5.74) is 2.85. The highest BCUT2D eigenvalue weighted by atomic mass is 16.6. The average molecular weight is 236 g/mol. The zero-order valence-corrected chi connectivity index (χ0v) is 11.1. The summed E-state index contributed by atoms with van der Waals surface area (Å²) in [6, 6.07) is 3.47. The van der Waals surface area contributed by atoms with Crippen molar-refractivity contribution in [2.45, 2.75) is 34.6 Å². The Hall–Kier alpha value is -1.58. The van der Waals surface area contributed by atoms with E-state index < -0.39 is 0 Å². The predicted molar refractivity (Wildman–Crippen MR) is 70.5 cm³/mol. The molecule has 0 radical (unpaired) electrons. The van der Waals surface area contributed by atoms with Crippen LogP contribution in [0.3, 0.4) is 0 Å². The first kappa shape index (κ1) is 13.5. The molecule has 0 aliphatic heterocycles. The molecule has 1 aromatic rings. The first-order valence-electron chi connectivity index (χ1n) is 5.70. The zero-order chi connectivity index (χ0) is 13.2. The number of benzene rings is 1. The van der Waals surface area contributed by atoms with Crippen molar-refractivity contribution in [2.75, 3.05) is 11.9 Å². The van der Waals surface area contributed by atoms with Gasteiger partial charge in [0.25, 0.3) is 5.69 Å². The molecule has 0 heterocycles. The second kappa shape index (κ2) is 4.73. The van der Waals surface area contributed by atoms with Crippen LogP contribution < -0.4 is 5.32 Å². The standard InChI is InChI=1S/C13H20N2O2/c1-9-6-11(14-8-13(3,4)5)12(15(16)17)7-10(9)2/h6-7,14H,8H2,1-5H3. The molecule has 4 nitrogen and oxygen atoms in total. The van der Waals surface area contributed by atoms with Gasteiger partial charge in [0.05, 0.1) is 4.92 Å². The van der Waals surface area contributed by atoms with E-state index in [1.807, 2.05) is 19.9 Å². The van der Waals surface area contributed by atoms with Gasteiger partial charge in [-0.05, 0) is 36.5 Å². The Bertz CT molecular complexity index is 434. The summed E-state index contributed by atoms with van der Waals surface area (Å²) in [5, 5.41) is 14.1. The van der Waals surface area contributed by atoms with E-state index >= 15 is 0 Å². The van der Waals surface area contributed by atoms with Crippen LogP contribution in [0.2, 0.25) is 0 Å². The molecule has 0 aliphatic carbocycles. The van der Waals surface area contributed by atoms with Gasteiger partial charge >= 0.3 is 0 Å². The Labute approximate surface area is 102 Å². The average Bonchev–Trinajstić information content (AvgIpc) is 2.17. The number of rotatable bonds is 3. The molecule has 17 heavy (non-hydrogen) atoms. The number of nitrogens with zero attached hydrogens (tertiary/aromatic N) is 1. The smallest absolute Gasteiger partial charge is 0.292 e. The number of nitro benzene ring substituents is 1. The summed E-state index contributed by atoms with van der Waals surface area (Å²) < 4.78 is 0. The molecule has 4 heteroatoms. The third-order valence-electron chi connectivity index (χ3n) is 2.62. The number of aryl methyl sites for hydroxylation is 2. The van der Waals surface area contributed by atoms with Gasteiger partial charge in [-0.1, -0.05) is 20.8 Å². The Morgan fingerprint density at radius 3 is 2.24 bits per heavy atom. The number of nitrogens with one attached hydrogen (secondary N) is 1. The number of hydrogen-bond acceptors (Lipinski definition) is 3. The largest absolute Gasteiger partial charge is 0.379 e. The Morgan fingerprint density at radius 2 is 1.76 bits per heavy atom. The minimum Gasteiger partial charge on any atom is -0.379 e. The van der Waals surface area contributed by atoms with E-state index in [9.17, 15) is 10.1 Å². The van der Waals surface area contributed by atoms with Crippen molar-refractivity contribution >= 4 is 11.4 Å². The summed E-state index contributed by atoms with van der Waals surface area (Å²) in [4.78, 5) is 10.6. The molecule has 94 valence electrons. The Kier molecular flexibility index (Phi) is 3.76. The summed E-state index contributed by atoms with van der Waals surface area (Å²) in [6.07, 6.45) is 0. The van der Waals surface area contributed by atoms with Gasteiger partial charge in [0.1, 0.15) is 5.69 Å². The van der Waals surface area contributed by atoms with Crippen LogP contribution in [0, 0.1) is 29.4 Å². The number of anilines is 1. The zero-order valence-electron chi connectivity index (χ0n) is 11.1. The van der Waals surface area contributed by atoms with E-state index in [-0.39, 0.29) is 16.0 Å². The van der Waals surface area contributed by atoms with Crippen LogP contribution in [0.25, 0.3) is 0 Å². The lowest BCUT2D eigenvalue weighted by Gasteiger charge is -2.20. The van der Waals surface area contributed by atoms with Crippen LogP contribution >= 0.6 is 0 Å². The number of hydrogen-bond donors (Lipinski definition) is 1. The fourth-order valence-corrected chi connectivity index (χ4v) is 1.45. The monoisotopic (exact) mass is 236 g/mol. The molecule has 0 bridgehead atoms. The van der Waals surface area contributed by atoms with Crippen molar-refractivity contribution in [3.05, 3.63) is 33.4 Å². The van der Waals surface area contributed by atoms with E-state index in [1.165, 1.54) is 0 Å². The van der Waals surface area contributed by atoms with E-state index in [0.29, 0.717) is 12.2 Å². The molecule has 0 saturated heterocycles. The molecule has 0 fully saturated rings. The highest BCUT2D eigenvalue weighted by Crippen LogP contribution is 2.28. The van der Waals surface area contributed by atoms with Gasteiger partial charge < -0.3 is 5.32 Å². The van der Waals surface area contributed by atoms with Crippen molar-refractivity contribution in [1.82, 2.24) is 0 Å². The van der Waals surface area contributed by atoms with Crippen molar-refractivity contribution in [3.63, 3.8) is 0 Å². The van der Waals surface area contributed by atoms with Crippen molar-refractivity contribution in [2.24, 2.45) is 5.41 Å². The van der Waals surface area contributed by atoms with E-state index in [1.54, 1.807) is 6.07 Å². The Morgan fingerprint density at radius 1 is 1.24 bits per heavy atom. The first-order chi connectivity index (χ1) is 7.70. The molecule has 0 saturated carbocycles. The van der Waals surface area contributed by atoms with Crippen LogP contribution in [0.4, 0.5) is 11.4 Å². The maximum Gasteiger partial charge on any atom is 0.292 e. The summed E-state index contributed by atoms with van der Waals surface area (Å²) in [7, 11) is 0. The quantitative estimate of drug-likeness (QED) is 0.643. The van der Waals surface area contributed by atoms with Crippen molar-refractivity contribution in [1.29, 1.82) is 0 Å². The highest BCUT2D eigenvalue weighted by molar-refractivity contribution is 5.64. The molecule has 0 aliphatic rings. The molecule has 0 spiro atoms. The van der Waals surface area contributed by atoms with Gasteiger partial charge in [0, 0.05) is 12.6 Å². The normalized spacial score (nSPS) is 11.4. The molecule has 1 rings (SSSR count). The molecular weight excluding hydrogens is 216 g/mol. The van der Waals surface area contributed by atoms with E-state index in [2.05, 4.69) is 26.1 Å². The third-order valence-corrected chi connectivity index (χ3v) is 2.62.